The van der Waals surface area contributed by atoms with Gasteiger partial charge in [0.05, 0.1) is 6.17 Å². The number of aliphatic hydroxyl groups is 1. The SMILES string of the molecule is NC1NC2(CCCCCCCCCC2)Cc2cc(-c3ccc(C(=O)N4CCN(C(=O)C5(O)CC5)CC4)cc3)ccc21. The zero-order valence-corrected chi connectivity index (χ0v) is 24.4. The highest BCUT2D eigenvalue weighted by atomic mass is 16.3. The third-order valence-corrected chi connectivity index (χ3v) is 9.97. The van der Waals surface area contributed by atoms with Gasteiger partial charge in [0, 0.05) is 37.3 Å². The predicted molar refractivity (Wildman–Crippen MR) is 161 cm³/mol. The Hall–Kier alpha value is -2.74. The molecule has 7 heteroatoms. The van der Waals surface area contributed by atoms with E-state index in [0.717, 1.165) is 17.5 Å². The molecule has 7 nitrogen and oxygen atoms in total. The molecule has 2 aliphatic carbocycles. The Labute approximate surface area is 244 Å². The molecule has 2 aromatic rings. The second kappa shape index (κ2) is 11.9. The predicted octanol–water partition coefficient (Wildman–Crippen LogP) is 4.92. The van der Waals surface area contributed by atoms with Gasteiger partial charge in [0.1, 0.15) is 5.60 Å². The largest absolute Gasteiger partial charge is 0.380 e. The molecule has 2 aromatic carbocycles. The molecule has 0 radical (unpaired) electrons. The van der Waals surface area contributed by atoms with Gasteiger partial charge in [-0.1, -0.05) is 81.7 Å². The maximum atomic E-state index is 13.2. The Bertz CT molecular complexity index is 1240. The number of nitrogens with two attached hydrogens (primary N) is 1. The highest BCUT2D eigenvalue weighted by molar-refractivity contribution is 5.95. The van der Waals surface area contributed by atoms with E-state index < -0.39 is 5.60 Å². The third kappa shape index (κ3) is 6.23. The number of benzene rings is 2. The van der Waals surface area contributed by atoms with Crippen molar-refractivity contribution in [1.82, 2.24) is 15.1 Å². The fourth-order valence-electron chi connectivity index (χ4n) is 7.23. The summed E-state index contributed by atoms with van der Waals surface area (Å²) in [5.74, 6) is -0.192. The van der Waals surface area contributed by atoms with E-state index in [1.54, 1.807) is 4.90 Å². The lowest BCUT2D eigenvalue weighted by Crippen LogP contribution is -2.54. The van der Waals surface area contributed by atoms with E-state index in [-0.39, 0.29) is 23.5 Å². The van der Waals surface area contributed by atoms with E-state index in [4.69, 9.17) is 5.73 Å². The van der Waals surface area contributed by atoms with Crippen molar-refractivity contribution >= 4 is 11.8 Å². The summed E-state index contributed by atoms with van der Waals surface area (Å²) in [6, 6.07) is 14.6. The van der Waals surface area contributed by atoms with Crippen molar-refractivity contribution < 1.29 is 14.7 Å². The summed E-state index contributed by atoms with van der Waals surface area (Å²) >= 11 is 0. The monoisotopic (exact) mass is 558 g/mol. The number of fused-ring (bicyclic) bond motifs is 1. The smallest absolute Gasteiger partial charge is 0.254 e. The van der Waals surface area contributed by atoms with Crippen LogP contribution in [0.1, 0.15) is 105 Å². The molecule has 4 aliphatic rings. The van der Waals surface area contributed by atoms with Crippen molar-refractivity contribution in [3.63, 3.8) is 0 Å². The lowest BCUT2D eigenvalue weighted by Gasteiger charge is -2.43. The standard InChI is InChI=1S/C34H46N4O3/c35-30-29-14-13-27(23-28(29)24-33(36-30)15-7-5-3-1-2-4-6-8-16-33)25-9-11-26(12-10-25)31(39)37-19-21-38(22-20-37)32(40)34(41)17-18-34/h9-14,23,30,36,41H,1-8,15-22,24,35H2. The van der Waals surface area contributed by atoms with Gasteiger partial charge >= 0.3 is 0 Å². The van der Waals surface area contributed by atoms with Crippen LogP contribution in [0.15, 0.2) is 42.5 Å². The fourth-order valence-corrected chi connectivity index (χ4v) is 7.23. The van der Waals surface area contributed by atoms with Crippen LogP contribution < -0.4 is 11.1 Å². The lowest BCUT2D eigenvalue weighted by atomic mass is 9.76. The Balaban J connectivity index is 1.12. The van der Waals surface area contributed by atoms with Crippen LogP contribution in [0.2, 0.25) is 0 Å². The van der Waals surface area contributed by atoms with E-state index in [0.29, 0.717) is 44.6 Å². The number of nitrogens with one attached hydrogen (secondary N) is 1. The summed E-state index contributed by atoms with van der Waals surface area (Å²) in [4.78, 5) is 29.1. The highest BCUT2D eigenvalue weighted by Crippen LogP contribution is 2.38. The van der Waals surface area contributed by atoms with Gasteiger partial charge in [0.25, 0.3) is 11.8 Å². The average molecular weight is 559 g/mol. The summed E-state index contributed by atoms with van der Waals surface area (Å²) in [5.41, 5.74) is 11.1. The minimum absolute atomic E-state index is 0.00925. The number of rotatable bonds is 3. The molecule has 0 bridgehead atoms. The zero-order valence-electron chi connectivity index (χ0n) is 24.4. The van der Waals surface area contributed by atoms with Crippen LogP contribution in [-0.2, 0) is 11.2 Å². The second-order valence-electron chi connectivity index (χ2n) is 13.0. The molecular weight excluding hydrogens is 512 g/mol. The maximum absolute atomic E-state index is 13.2. The first kappa shape index (κ1) is 28.4. The first-order valence-electron chi connectivity index (χ1n) is 15.9. The van der Waals surface area contributed by atoms with Crippen LogP contribution in [0.25, 0.3) is 11.1 Å². The summed E-state index contributed by atoms with van der Waals surface area (Å²) in [6.45, 7) is 1.92. The number of hydrogen-bond acceptors (Lipinski definition) is 5. The number of nitrogens with zero attached hydrogens (tertiary/aromatic N) is 2. The van der Waals surface area contributed by atoms with Gasteiger partial charge in [-0.3, -0.25) is 14.9 Å². The number of amides is 2. The van der Waals surface area contributed by atoms with E-state index >= 15 is 0 Å². The molecule has 1 unspecified atom stereocenters. The minimum atomic E-state index is -1.14. The van der Waals surface area contributed by atoms with Crippen molar-refractivity contribution in [2.24, 2.45) is 5.73 Å². The number of carbonyl (C=O) groups is 2. The van der Waals surface area contributed by atoms with Gasteiger partial charge in [-0.05, 0) is 66.5 Å². The number of hydrogen-bond donors (Lipinski definition) is 3. The summed E-state index contributed by atoms with van der Waals surface area (Å²) < 4.78 is 0. The summed E-state index contributed by atoms with van der Waals surface area (Å²) in [7, 11) is 0. The van der Waals surface area contributed by atoms with Gasteiger partial charge in [-0.15, -0.1) is 0 Å². The van der Waals surface area contributed by atoms with Crippen LogP contribution in [0.5, 0.6) is 0 Å². The van der Waals surface area contributed by atoms with E-state index in [9.17, 15) is 14.7 Å². The Morgan fingerprint density at radius 2 is 1.32 bits per heavy atom. The fraction of sp³-hybridized carbons (Fsp3) is 0.588. The molecule has 0 aromatic heterocycles. The first-order valence-corrected chi connectivity index (χ1v) is 15.9. The molecular formula is C34H46N4O3. The van der Waals surface area contributed by atoms with Crippen molar-refractivity contribution in [3.05, 3.63) is 59.2 Å². The van der Waals surface area contributed by atoms with Crippen molar-refractivity contribution in [1.29, 1.82) is 0 Å². The Kier molecular flexibility index (Phi) is 8.21. The van der Waals surface area contributed by atoms with Crippen LogP contribution >= 0.6 is 0 Å². The van der Waals surface area contributed by atoms with Gasteiger partial charge in [-0.2, -0.15) is 0 Å². The molecule has 3 fully saturated rings. The Morgan fingerprint density at radius 3 is 1.93 bits per heavy atom. The van der Waals surface area contributed by atoms with Crippen LogP contribution in [0, 0.1) is 0 Å². The number of carbonyl (C=O) groups excluding carboxylic acids is 2. The van der Waals surface area contributed by atoms with Crippen molar-refractivity contribution in [2.45, 2.75) is 101 Å². The van der Waals surface area contributed by atoms with Crippen molar-refractivity contribution in [2.75, 3.05) is 26.2 Å². The maximum Gasteiger partial charge on any atom is 0.254 e. The normalized spacial score (nSPS) is 24.3. The molecule has 2 heterocycles. The molecule has 220 valence electrons. The molecule has 1 atom stereocenters. The van der Waals surface area contributed by atoms with E-state index in [2.05, 4.69) is 23.5 Å². The summed E-state index contributed by atoms with van der Waals surface area (Å²) in [6.07, 6.45) is 14.9. The number of piperazine rings is 1. The molecule has 1 saturated heterocycles. The minimum Gasteiger partial charge on any atom is -0.380 e. The third-order valence-electron chi connectivity index (χ3n) is 9.97. The average Bonchev–Trinajstić information content (AvgIpc) is 3.76. The molecule has 2 amide bonds. The Morgan fingerprint density at radius 1 is 0.756 bits per heavy atom. The van der Waals surface area contributed by atoms with Gasteiger partial charge in [0.2, 0.25) is 0 Å². The van der Waals surface area contributed by atoms with E-state index in [1.165, 1.54) is 75.3 Å². The van der Waals surface area contributed by atoms with E-state index in [1.807, 2.05) is 29.2 Å². The molecule has 1 spiro atoms. The molecule has 6 rings (SSSR count). The lowest BCUT2D eigenvalue weighted by molar-refractivity contribution is -0.143. The van der Waals surface area contributed by atoms with Crippen molar-refractivity contribution in [3.8, 4) is 11.1 Å². The quantitative estimate of drug-likeness (QED) is 0.497. The highest BCUT2D eigenvalue weighted by Gasteiger charge is 2.50. The molecule has 41 heavy (non-hydrogen) atoms. The second-order valence-corrected chi connectivity index (χ2v) is 13.0. The first-order chi connectivity index (χ1) is 19.9. The van der Waals surface area contributed by atoms with Crippen LogP contribution in [-0.4, -0.2) is 64.0 Å². The molecule has 2 aliphatic heterocycles. The molecule has 2 saturated carbocycles. The molecule has 4 N–H and O–H groups in total. The van der Waals surface area contributed by atoms with Gasteiger partial charge < -0.3 is 20.6 Å². The van der Waals surface area contributed by atoms with Gasteiger partial charge in [0.15, 0.2) is 0 Å². The van der Waals surface area contributed by atoms with Crippen LogP contribution in [0.4, 0.5) is 0 Å². The topological polar surface area (TPSA) is 98.9 Å². The summed E-state index contributed by atoms with van der Waals surface area (Å²) in [5, 5.41) is 14.0. The van der Waals surface area contributed by atoms with Gasteiger partial charge in [-0.25, -0.2) is 0 Å². The zero-order chi connectivity index (χ0) is 28.5. The van der Waals surface area contributed by atoms with Crippen LogP contribution in [0.3, 0.4) is 0 Å².